The van der Waals surface area contributed by atoms with Crippen LogP contribution in [0.2, 0.25) is 0 Å². The van der Waals surface area contributed by atoms with Crippen LogP contribution in [0.1, 0.15) is 37.7 Å². The molecular weight excluding hydrogens is 278 g/mol. The number of methoxy groups -OCH3 is 1. The van der Waals surface area contributed by atoms with Crippen LogP contribution >= 0.6 is 0 Å². The standard InChI is InChI=1S/C18H23NO3/c1-21-16-7-4-6-15-13(16)5-2-3-10-19(15)18(20)14-11-12-8-9-17(14)22-12/h4,6-7,12,14,17H,2-3,5,8-11H2,1H3/t12-,14-,17-/m0/s1. The van der Waals surface area contributed by atoms with Gasteiger partial charge in [0.05, 0.1) is 30.9 Å². The van der Waals surface area contributed by atoms with Crippen molar-refractivity contribution in [1.29, 1.82) is 0 Å². The number of amides is 1. The molecule has 0 unspecified atom stereocenters. The third-order valence-corrected chi connectivity index (χ3v) is 5.37. The summed E-state index contributed by atoms with van der Waals surface area (Å²) >= 11 is 0. The SMILES string of the molecule is COc1cccc2c1CCCCN2C(=O)[C@H]1C[C@@H]2CC[C@@H]1O2. The van der Waals surface area contributed by atoms with Crippen LogP contribution in [0.5, 0.6) is 5.75 Å². The van der Waals surface area contributed by atoms with Gasteiger partial charge in [0, 0.05) is 12.1 Å². The molecule has 2 bridgehead atoms. The van der Waals surface area contributed by atoms with E-state index < -0.39 is 0 Å². The summed E-state index contributed by atoms with van der Waals surface area (Å²) in [6.07, 6.45) is 6.66. The number of rotatable bonds is 2. The monoisotopic (exact) mass is 301 g/mol. The van der Waals surface area contributed by atoms with Crippen LogP contribution in [0.4, 0.5) is 5.69 Å². The number of carbonyl (C=O) groups is 1. The number of benzene rings is 1. The Balaban J connectivity index is 1.66. The van der Waals surface area contributed by atoms with E-state index >= 15 is 0 Å². The molecule has 0 N–H and O–H groups in total. The fraction of sp³-hybridized carbons (Fsp3) is 0.611. The van der Waals surface area contributed by atoms with Crippen molar-refractivity contribution in [3.8, 4) is 5.75 Å². The van der Waals surface area contributed by atoms with Gasteiger partial charge in [-0.1, -0.05) is 6.07 Å². The largest absolute Gasteiger partial charge is 0.496 e. The highest BCUT2D eigenvalue weighted by atomic mass is 16.5. The smallest absolute Gasteiger partial charge is 0.232 e. The zero-order valence-electron chi connectivity index (χ0n) is 13.1. The lowest BCUT2D eigenvalue weighted by atomic mass is 9.88. The first-order chi connectivity index (χ1) is 10.8. The average Bonchev–Trinajstić information content (AvgIpc) is 3.11. The summed E-state index contributed by atoms with van der Waals surface area (Å²) in [7, 11) is 1.70. The molecule has 3 aliphatic rings. The van der Waals surface area contributed by atoms with Crippen molar-refractivity contribution >= 4 is 11.6 Å². The quantitative estimate of drug-likeness (QED) is 0.843. The number of anilines is 1. The van der Waals surface area contributed by atoms with Crippen LogP contribution in [0.3, 0.4) is 0 Å². The Bertz CT molecular complexity index is 586. The van der Waals surface area contributed by atoms with Gasteiger partial charge in [0.2, 0.25) is 5.91 Å². The van der Waals surface area contributed by atoms with Gasteiger partial charge in [-0.3, -0.25) is 4.79 Å². The van der Waals surface area contributed by atoms with Gasteiger partial charge in [-0.15, -0.1) is 0 Å². The minimum atomic E-state index is 0.0518. The van der Waals surface area contributed by atoms with Gasteiger partial charge < -0.3 is 14.4 Å². The third-order valence-electron chi connectivity index (χ3n) is 5.37. The second-order valence-corrected chi connectivity index (χ2v) is 6.62. The first-order valence-corrected chi connectivity index (χ1v) is 8.40. The van der Waals surface area contributed by atoms with Crippen molar-refractivity contribution in [3.05, 3.63) is 23.8 Å². The molecule has 3 aliphatic heterocycles. The third kappa shape index (κ3) is 2.21. The lowest BCUT2D eigenvalue weighted by Crippen LogP contribution is -2.40. The summed E-state index contributed by atoms with van der Waals surface area (Å²) in [4.78, 5) is 15.1. The zero-order chi connectivity index (χ0) is 15.1. The van der Waals surface area contributed by atoms with Crippen LogP contribution in [-0.2, 0) is 16.0 Å². The van der Waals surface area contributed by atoms with Crippen LogP contribution in [-0.4, -0.2) is 31.8 Å². The summed E-state index contributed by atoms with van der Waals surface area (Å²) in [5.41, 5.74) is 2.23. The van der Waals surface area contributed by atoms with E-state index in [9.17, 15) is 4.79 Å². The molecule has 1 aromatic rings. The molecule has 4 rings (SSSR count). The lowest BCUT2D eigenvalue weighted by Gasteiger charge is -2.28. The summed E-state index contributed by atoms with van der Waals surface area (Å²) in [5.74, 6) is 1.21. The maximum absolute atomic E-state index is 13.1. The number of nitrogens with zero attached hydrogens (tertiary/aromatic N) is 1. The molecule has 2 fully saturated rings. The molecule has 0 aliphatic carbocycles. The molecule has 4 nitrogen and oxygen atoms in total. The van der Waals surface area contributed by atoms with Crippen LogP contribution < -0.4 is 9.64 Å². The van der Waals surface area contributed by atoms with E-state index in [1.807, 2.05) is 17.0 Å². The fourth-order valence-corrected chi connectivity index (χ4v) is 4.27. The Morgan fingerprint density at radius 3 is 2.95 bits per heavy atom. The Morgan fingerprint density at radius 1 is 1.32 bits per heavy atom. The van der Waals surface area contributed by atoms with E-state index in [0.29, 0.717) is 6.10 Å². The summed E-state index contributed by atoms with van der Waals surface area (Å²) in [5, 5.41) is 0. The zero-order valence-corrected chi connectivity index (χ0v) is 13.1. The minimum absolute atomic E-state index is 0.0518. The Kier molecular flexibility index (Phi) is 3.57. The van der Waals surface area contributed by atoms with E-state index in [-0.39, 0.29) is 17.9 Å². The van der Waals surface area contributed by atoms with E-state index in [1.165, 1.54) is 5.56 Å². The van der Waals surface area contributed by atoms with Crippen molar-refractivity contribution < 1.29 is 14.3 Å². The molecule has 1 aromatic carbocycles. The topological polar surface area (TPSA) is 38.8 Å². The molecule has 118 valence electrons. The van der Waals surface area contributed by atoms with Crippen LogP contribution in [0.15, 0.2) is 18.2 Å². The molecule has 3 heterocycles. The molecule has 0 radical (unpaired) electrons. The van der Waals surface area contributed by atoms with Gasteiger partial charge in [0.1, 0.15) is 5.75 Å². The average molecular weight is 301 g/mol. The number of ether oxygens (including phenoxy) is 2. The normalized spacial score (nSPS) is 30.0. The van der Waals surface area contributed by atoms with E-state index in [2.05, 4.69) is 6.07 Å². The van der Waals surface area contributed by atoms with Crippen molar-refractivity contribution in [2.24, 2.45) is 5.92 Å². The van der Waals surface area contributed by atoms with Crippen molar-refractivity contribution in [2.45, 2.75) is 50.7 Å². The highest BCUT2D eigenvalue weighted by Gasteiger charge is 2.46. The second-order valence-electron chi connectivity index (χ2n) is 6.62. The Hall–Kier alpha value is -1.55. The van der Waals surface area contributed by atoms with Gasteiger partial charge >= 0.3 is 0 Å². The lowest BCUT2D eigenvalue weighted by molar-refractivity contribution is -0.123. The van der Waals surface area contributed by atoms with Crippen molar-refractivity contribution in [3.63, 3.8) is 0 Å². The van der Waals surface area contributed by atoms with Crippen LogP contribution in [0, 0.1) is 5.92 Å². The fourth-order valence-electron chi connectivity index (χ4n) is 4.27. The van der Waals surface area contributed by atoms with Gasteiger partial charge in [0.15, 0.2) is 0 Å². The van der Waals surface area contributed by atoms with Crippen molar-refractivity contribution in [1.82, 2.24) is 0 Å². The van der Waals surface area contributed by atoms with Gasteiger partial charge in [-0.25, -0.2) is 0 Å². The predicted octanol–water partition coefficient (Wildman–Crippen LogP) is 2.93. The number of hydrogen-bond donors (Lipinski definition) is 0. The molecule has 4 heteroatoms. The Labute approximate surface area is 131 Å². The molecule has 0 saturated carbocycles. The highest BCUT2D eigenvalue weighted by Crippen LogP contribution is 2.41. The first kappa shape index (κ1) is 14.1. The molecule has 1 amide bonds. The first-order valence-electron chi connectivity index (χ1n) is 8.40. The van der Waals surface area contributed by atoms with Crippen LogP contribution in [0.25, 0.3) is 0 Å². The Morgan fingerprint density at radius 2 is 2.23 bits per heavy atom. The number of fused-ring (bicyclic) bond motifs is 3. The molecule has 0 spiro atoms. The molecule has 2 saturated heterocycles. The highest BCUT2D eigenvalue weighted by molar-refractivity contribution is 5.97. The molecule has 3 atom stereocenters. The molecule has 22 heavy (non-hydrogen) atoms. The van der Waals surface area contributed by atoms with E-state index in [1.54, 1.807) is 7.11 Å². The number of hydrogen-bond acceptors (Lipinski definition) is 3. The van der Waals surface area contributed by atoms with Gasteiger partial charge in [0.25, 0.3) is 0 Å². The summed E-state index contributed by atoms with van der Waals surface area (Å²) in [6.45, 7) is 0.812. The summed E-state index contributed by atoms with van der Waals surface area (Å²) in [6, 6.07) is 6.04. The molecular formula is C18H23NO3. The van der Waals surface area contributed by atoms with Gasteiger partial charge in [-0.05, 0) is 50.7 Å². The second kappa shape index (κ2) is 5.58. The number of carbonyl (C=O) groups excluding carboxylic acids is 1. The van der Waals surface area contributed by atoms with E-state index in [4.69, 9.17) is 9.47 Å². The maximum Gasteiger partial charge on any atom is 0.232 e. The van der Waals surface area contributed by atoms with Gasteiger partial charge in [-0.2, -0.15) is 0 Å². The van der Waals surface area contributed by atoms with E-state index in [0.717, 1.165) is 56.5 Å². The maximum atomic E-state index is 13.1. The predicted molar refractivity (Wildman–Crippen MR) is 84.3 cm³/mol. The van der Waals surface area contributed by atoms with Crippen molar-refractivity contribution in [2.75, 3.05) is 18.6 Å². The minimum Gasteiger partial charge on any atom is -0.496 e. The molecule has 0 aromatic heterocycles. The summed E-state index contributed by atoms with van der Waals surface area (Å²) < 4.78 is 11.4.